The molecule has 3 amide bonds. The molecule has 2 aromatic heterocycles. The predicted molar refractivity (Wildman–Crippen MR) is 129 cm³/mol. The van der Waals surface area contributed by atoms with Crippen molar-refractivity contribution in [2.45, 2.75) is 33.6 Å². The lowest BCUT2D eigenvalue weighted by molar-refractivity contribution is 0.102. The quantitative estimate of drug-likeness (QED) is 0.609. The zero-order valence-electron chi connectivity index (χ0n) is 19.1. The summed E-state index contributed by atoms with van der Waals surface area (Å²) in [6.45, 7) is 6.87. The van der Waals surface area contributed by atoms with E-state index < -0.39 is 0 Å². The van der Waals surface area contributed by atoms with Gasteiger partial charge in [-0.25, -0.2) is 14.5 Å². The van der Waals surface area contributed by atoms with E-state index in [2.05, 4.69) is 20.7 Å². The Bertz CT molecular complexity index is 1290. The van der Waals surface area contributed by atoms with Crippen LogP contribution in [0.1, 0.15) is 39.5 Å². The Morgan fingerprint density at radius 3 is 2.30 bits per heavy atom. The van der Waals surface area contributed by atoms with Gasteiger partial charge >= 0.3 is 6.03 Å². The highest BCUT2D eigenvalue weighted by molar-refractivity contribution is 7.17. The van der Waals surface area contributed by atoms with Crippen molar-refractivity contribution in [2.75, 3.05) is 23.7 Å². The maximum atomic E-state index is 13.1. The number of nitrogens with one attached hydrogen (secondary N) is 2. The average molecular weight is 467 g/mol. The lowest BCUT2D eigenvalue weighted by Gasteiger charge is -2.18. The highest BCUT2D eigenvalue weighted by Crippen LogP contribution is 2.30. The number of hydrogen-bond acceptors (Lipinski definition) is 6. The monoisotopic (exact) mass is 466 g/mol. The molecule has 1 aromatic carbocycles. The first kappa shape index (κ1) is 22.7. The van der Waals surface area contributed by atoms with Gasteiger partial charge in [0.15, 0.2) is 0 Å². The van der Waals surface area contributed by atoms with Crippen LogP contribution in [0.2, 0.25) is 0 Å². The van der Waals surface area contributed by atoms with E-state index >= 15 is 0 Å². The molecule has 0 atom stereocenters. The lowest BCUT2D eigenvalue weighted by Crippen LogP contribution is -2.32. The number of urea groups is 1. The number of aromatic nitrogens is 3. The van der Waals surface area contributed by atoms with E-state index in [4.69, 9.17) is 0 Å². The fourth-order valence-corrected chi connectivity index (χ4v) is 4.86. The fourth-order valence-electron chi connectivity index (χ4n) is 3.81. The zero-order valence-corrected chi connectivity index (χ0v) is 19.9. The number of hydrogen-bond donors (Lipinski definition) is 2. The third kappa shape index (κ3) is 4.51. The number of benzene rings is 1. The van der Waals surface area contributed by atoms with Crippen LogP contribution in [0.4, 0.5) is 16.2 Å². The number of amides is 3. The van der Waals surface area contributed by atoms with Crippen LogP contribution in [-0.2, 0) is 7.05 Å². The third-order valence-corrected chi connectivity index (χ3v) is 6.93. The summed E-state index contributed by atoms with van der Waals surface area (Å²) in [6, 6.07) is 6.90. The van der Waals surface area contributed by atoms with Crippen molar-refractivity contribution in [2.24, 2.45) is 7.05 Å². The van der Waals surface area contributed by atoms with Gasteiger partial charge in [-0.1, -0.05) is 12.1 Å². The number of anilines is 2. The van der Waals surface area contributed by atoms with Crippen molar-refractivity contribution in [1.82, 2.24) is 19.7 Å². The molecule has 1 fully saturated rings. The van der Waals surface area contributed by atoms with E-state index in [9.17, 15) is 14.4 Å². The number of thiazole rings is 1. The summed E-state index contributed by atoms with van der Waals surface area (Å²) in [6.07, 6.45) is 2.00. The third-order valence-electron chi connectivity index (χ3n) is 5.75. The number of nitrogens with zero attached hydrogens (tertiary/aromatic N) is 4. The molecule has 1 aliphatic heterocycles. The molecule has 1 saturated heterocycles. The van der Waals surface area contributed by atoms with Crippen LogP contribution < -0.4 is 16.2 Å². The summed E-state index contributed by atoms with van der Waals surface area (Å²) in [5.41, 5.74) is 3.23. The van der Waals surface area contributed by atoms with Gasteiger partial charge in [0.25, 0.3) is 11.5 Å². The van der Waals surface area contributed by atoms with Gasteiger partial charge in [-0.05, 0) is 51.3 Å². The van der Waals surface area contributed by atoms with E-state index in [1.165, 1.54) is 16.0 Å². The SMILES string of the molecule is Cc1nc(-c2c(C)c(C)nn(C)c2=O)sc1C(=O)Nc1ccccc1NC(=O)N1CCCC1. The number of likely N-dealkylation sites (tertiary alicyclic amines) is 1. The molecule has 33 heavy (non-hydrogen) atoms. The number of carbonyl (C=O) groups is 2. The Kier molecular flexibility index (Phi) is 6.28. The molecule has 9 nitrogen and oxygen atoms in total. The molecule has 172 valence electrons. The molecule has 0 spiro atoms. The summed E-state index contributed by atoms with van der Waals surface area (Å²) in [7, 11) is 1.60. The van der Waals surface area contributed by atoms with Crippen LogP contribution >= 0.6 is 11.3 Å². The maximum Gasteiger partial charge on any atom is 0.321 e. The topological polar surface area (TPSA) is 109 Å². The molecule has 10 heteroatoms. The second-order valence-corrected chi connectivity index (χ2v) is 9.07. The van der Waals surface area contributed by atoms with Crippen molar-refractivity contribution >= 4 is 34.6 Å². The number of para-hydroxylation sites is 2. The first-order valence-electron chi connectivity index (χ1n) is 10.7. The van der Waals surface area contributed by atoms with Crippen LogP contribution in [0.15, 0.2) is 29.1 Å². The van der Waals surface area contributed by atoms with Crippen LogP contribution in [0.25, 0.3) is 10.6 Å². The molecule has 1 aliphatic rings. The lowest BCUT2D eigenvalue weighted by atomic mass is 10.1. The van der Waals surface area contributed by atoms with Crippen LogP contribution in [0, 0.1) is 20.8 Å². The minimum Gasteiger partial charge on any atom is -0.325 e. The highest BCUT2D eigenvalue weighted by Gasteiger charge is 2.23. The van der Waals surface area contributed by atoms with Gasteiger partial charge in [-0.15, -0.1) is 11.3 Å². The summed E-state index contributed by atoms with van der Waals surface area (Å²) in [5.74, 6) is -0.348. The normalized spacial score (nSPS) is 13.3. The van der Waals surface area contributed by atoms with Crippen LogP contribution in [-0.4, -0.2) is 44.7 Å². The number of carbonyl (C=O) groups excluding carboxylic acids is 2. The standard InChI is InChI=1S/C23H26N6O3S/c1-13-14(2)27-28(4)22(31)18(13)21-24-15(3)19(33-21)20(30)25-16-9-5-6-10-17(16)26-23(32)29-11-7-8-12-29/h5-6,9-10H,7-8,11-12H2,1-4H3,(H,25,30)(H,26,32). The maximum absolute atomic E-state index is 13.1. The second kappa shape index (κ2) is 9.14. The predicted octanol–water partition coefficient (Wildman–Crippen LogP) is 3.71. The summed E-state index contributed by atoms with van der Waals surface area (Å²) in [4.78, 5) is 45.0. The molecule has 4 rings (SSSR count). The molecule has 0 unspecified atom stereocenters. The first-order valence-corrected chi connectivity index (χ1v) is 11.6. The molecule has 0 aliphatic carbocycles. The van der Waals surface area contributed by atoms with Crippen molar-refractivity contribution in [1.29, 1.82) is 0 Å². The summed E-state index contributed by atoms with van der Waals surface area (Å²) in [5, 5.41) is 10.5. The van der Waals surface area contributed by atoms with E-state index in [0.29, 0.717) is 32.5 Å². The Labute approximate surface area is 195 Å². The van der Waals surface area contributed by atoms with Crippen molar-refractivity contribution < 1.29 is 9.59 Å². The highest BCUT2D eigenvalue weighted by atomic mass is 32.1. The van der Waals surface area contributed by atoms with Gasteiger partial charge in [0.05, 0.1) is 28.3 Å². The molecule has 3 aromatic rings. The summed E-state index contributed by atoms with van der Waals surface area (Å²) < 4.78 is 1.29. The number of rotatable bonds is 4. The largest absolute Gasteiger partial charge is 0.325 e. The van der Waals surface area contributed by atoms with Crippen molar-refractivity contribution in [3.05, 3.63) is 56.4 Å². The Balaban J connectivity index is 1.60. The molecule has 2 N–H and O–H groups in total. The minimum atomic E-state index is -0.348. The molecule has 0 saturated carbocycles. The molecule has 0 bridgehead atoms. The molecule has 3 heterocycles. The van der Waals surface area contributed by atoms with Gasteiger partial charge in [0, 0.05) is 20.1 Å². The van der Waals surface area contributed by atoms with E-state index in [0.717, 1.165) is 37.2 Å². The minimum absolute atomic E-state index is 0.176. The van der Waals surface area contributed by atoms with Gasteiger partial charge in [0.1, 0.15) is 9.88 Å². The van der Waals surface area contributed by atoms with Gasteiger partial charge in [0.2, 0.25) is 0 Å². The van der Waals surface area contributed by atoms with E-state index in [-0.39, 0.29) is 17.5 Å². The van der Waals surface area contributed by atoms with E-state index in [1.54, 1.807) is 43.1 Å². The van der Waals surface area contributed by atoms with Crippen molar-refractivity contribution in [3.63, 3.8) is 0 Å². The first-order chi connectivity index (χ1) is 15.8. The fraction of sp³-hybridized carbons (Fsp3) is 0.348. The average Bonchev–Trinajstić information content (AvgIpc) is 3.44. The van der Waals surface area contributed by atoms with Crippen molar-refractivity contribution in [3.8, 4) is 10.6 Å². The summed E-state index contributed by atoms with van der Waals surface area (Å²) >= 11 is 1.17. The Hall–Kier alpha value is -3.53. The molecular weight excluding hydrogens is 440 g/mol. The second-order valence-electron chi connectivity index (χ2n) is 8.07. The van der Waals surface area contributed by atoms with Crippen LogP contribution in [0.5, 0.6) is 0 Å². The number of aryl methyl sites for hydroxylation is 3. The molecular formula is C23H26N6O3S. The van der Waals surface area contributed by atoms with Gasteiger partial charge in [-0.3, -0.25) is 9.59 Å². The Morgan fingerprint density at radius 1 is 1.00 bits per heavy atom. The van der Waals surface area contributed by atoms with E-state index in [1.807, 2.05) is 13.8 Å². The van der Waals surface area contributed by atoms with Gasteiger partial charge in [-0.2, -0.15) is 5.10 Å². The Morgan fingerprint density at radius 2 is 1.64 bits per heavy atom. The smallest absolute Gasteiger partial charge is 0.321 e. The van der Waals surface area contributed by atoms with Crippen LogP contribution in [0.3, 0.4) is 0 Å². The molecule has 0 radical (unpaired) electrons. The zero-order chi connectivity index (χ0) is 23.7. The van der Waals surface area contributed by atoms with Gasteiger partial charge < -0.3 is 15.5 Å².